The lowest BCUT2D eigenvalue weighted by molar-refractivity contribution is 0.0926. The average Bonchev–Trinajstić information content (AvgIpc) is 2.46. The van der Waals surface area contributed by atoms with Gasteiger partial charge in [-0.15, -0.1) is 0 Å². The maximum absolute atomic E-state index is 12.1. The van der Waals surface area contributed by atoms with Gasteiger partial charge in [0.05, 0.1) is 17.2 Å². The van der Waals surface area contributed by atoms with Crippen molar-refractivity contribution in [3.8, 4) is 0 Å². The molecule has 1 unspecified atom stereocenters. The average molecular weight is 278 g/mol. The molecule has 19 heavy (non-hydrogen) atoms. The molecule has 1 fully saturated rings. The number of hydrogen-bond acceptors (Lipinski definition) is 4. The number of carbonyl (C=O) groups is 1. The maximum atomic E-state index is 12.1. The maximum Gasteiger partial charge on any atom is 0.272 e. The first-order chi connectivity index (χ1) is 9.18. The van der Waals surface area contributed by atoms with Gasteiger partial charge in [-0.25, -0.2) is 4.98 Å². The minimum Gasteiger partial charge on any atom is -0.392 e. The van der Waals surface area contributed by atoms with Gasteiger partial charge >= 0.3 is 0 Å². The quantitative estimate of drug-likeness (QED) is 0.815. The number of nitrogens with zero attached hydrogens (tertiary/aromatic N) is 2. The van der Waals surface area contributed by atoms with Gasteiger partial charge in [0, 0.05) is 12.4 Å². The highest BCUT2D eigenvalue weighted by atomic mass is 32.1. The van der Waals surface area contributed by atoms with E-state index in [9.17, 15) is 4.79 Å². The van der Waals surface area contributed by atoms with Crippen molar-refractivity contribution < 1.29 is 4.79 Å². The number of carbonyl (C=O) groups excluding carboxylic acids is 1. The normalized spacial score (nSPS) is 17.7. The molecule has 1 atom stereocenters. The van der Waals surface area contributed by atoms with Crippen LogP contribution in [0.15, 0.2) is 18.6 Å². The van der Waals surface area contributed by atoms with E-state index in [1.54, 1.807) is 0 Å². The van der Waals surface area contributed by atoms with Crippen LogP contribution in [0.2, 0.25) is 0 Å². The van der Waals surface area contributed by atoms with Crippen LogP contribution < -0.4 is 11.1 Å². The Morgan fingerprint density at radius 1 is 1.37 bits per heavy atom. The Bertz CT molecular complexity index is 445. The monoisotopic (exact) mass is 278 g/mol. The summed E-state index contributed by atoms with van der Waals surface area (Å²) >= 11 is 5.09. The van der Waals surface area contributed by atoms with Gasteiger partial charge in [-0.1, -0.05) is 31.5 Å². The van der Waals surface area contributed by atoms with E-state index in [1.165, 1.54) is 37.9 Å². The summed E-state index contributed by atoms with van der Waals surface area (Å²) in [7, 11) is 0. The minimum absolute atomic E-state index is 0.246. The summed E-state index contributed by atoms with van der Waals surface area (Å²) in [5.74, 6) is 0.0725. The summed E-state index contributed by atoms with van der Waals surface area (Å²) in [6, 6.07) is -0.246. The van der Waals surface area contributed by atoms with Crippen molar-refractivity contribution in [1.29, 1.82) is 0 Å². The topological polar surface area (TPSA) is 80.9 Å². The summed E-state index contributed by atoms with van der Waals surface area (Å²) in [5, 5.41) is 2.89. The second-order valence-corrected chi connectivity index (χ2v) is 5.31. The molecule has 1 aromatic heterocycles. The van der Waals surface area contributed by atoms with Crippen LogP contribution in [0.25, 0.3) is 0 Å². The molecule has 1 heterocycles. The van der Waals surface area contributed by atoms with Gasteiger partial charge in [0.25, 0.3) is 5.91 Å². The van der Waals surface area contributed by atoms with Crippen molar-refractivity contribution in [2.75, 3.05) is 0 Å². The lowest BCUT2D eigenvalue weighted by atomic mass is 9.84. The van der Waals surface area contributed by atoms with Crippen molar-refractivity contribution in [3.05, 3.63) is 24.3 Å². The highest BCUT2D eigenvalue weighted by Crippen LogP contribution is 2.26. The molecule has 0 aliphatic heterocycles. The van der Waals surface area contributed by atoms with Crippen molar-refractivity contribution in [2.45, 2.75) is 38.1 Å². The van der Waals surface area contributed by atoms with Crippen molar-refractivity contribution in [2.24, 2.45) is 11.7 Å². The van der Waals surface area contributed by atoms with Crippen LogP contribution >= 0.6 is 12.2 Å². The van der Waals surface area contributed by atoms with Gasteiger partial charge in [0.2, 0.25) is 0 Å². The summed E-state index contributed by atoms with van der Waals surface area (Å²) in [6.45, 7) is 0. The number of amides is 1. The predicted octanol–water partition coefficient (Wildman–Crippen LogP) is 1.44. The molecule has 6 heteroatoms. The number of nitrogens with two attached hydrogens (primary N) is 1. The molecule has 2 rings (SSSR count). The van der Waals surface area contributed by atoms with Crippen LogP contribution in [0.4, 0.5) is 0 Å². The van der Waals surface area contributed by atoms with E-state index in [4.69, 9.17) is 18.0 Å². The lowest BCUT2D eigenvalue weighted by Crippen LogP contribution is -2.49. The molecule has 0 aromatic carbocycles. The fourth-order valence-electron chi connectivity index (χ4n) is 2.52. The third-order valence-electron chi connectivity index (χ3n) is 3.51. The molecule has 0 saturated heterocycles. The van der Waals surface area contributed by atoms with Crippen LogP contribution in [0.5, 0.6) is 0 Å². The molecule has 0 spiro atoms. The Labute approximate surface area is 118 Å². The van der Waals surface area contributed by atoms with E-state index in [0.717, 1.165) is 12.8 Å². The van der Waals surface area contributed by atoms with E-state index in [1.807, 2.05) is 0 Å². The predicted molar refractivity (Wildman–Crippen MR) is 76.6 cm³/mol. The third kappa shape index (κ3) is 3.70. The molecule has 1 aliphatic carbocycles. The molecule has 0 radical (unpaired) electrons. The molecule has 5 nitrogen and oxygen atoms in total. The van der Waals surface area contributed by atoms with Crippen LogP contribution in [0.1, 0.15) is 42.6 Å². The lowest BCUT2D eigenvalue weighted by Gasteiger charge is -2.30. The fraction of sp³-hybridized carbons (Fsp3) is 0.538. The zero-order valence-corrected chi connectivity index (χ0v) is 11.5. The molecular weight excluding hydrogens is 260 g/mol. The van der Waals surface area contributed by atoms with E-state index in [-0.39, 0.29) is 11.9 Å². The number of hydrogen-bond donors (Lipinski definition) is 2. The number of nitrogens with one attached hydrogen (secondary N) is 1. The molecule has 1 aliphatic rings. The fourth-order valence-corrected chi connectivity index (χ4v) is 2.77. The van der Waals surface area contributed by atoms with Gasteiger partial charge in [-0.05, 0) is 18.8 Å². The standard InChI is InChI=1S/C13H18N4OS/c14-12(19)11(9-4-2-1-3-5-9)17-13(18)10-8-15-6-7-16-10/h6-9,11H,1-5H2,(H2,14,19)(H,17,18). The first-order valence-corrected chi connectivity index (χ1v) is 6.95. The summed E-state index contributed by atoms with van der Waals surface area (Å²) in [5.41, 5.74) is 6.07. The zero-order valence-electron chi connectivity index (χ0n) is 10.7. The number of thiocarbonyl (C=S) groups is 1. The molecule has 0 bridgehead atoms. The van der Waals surface area contributed by atoms with Gasteiger partial charge < -0.3 is 11.1 Å². The molecule has 1 saturated carbocycles. The van der Waals surface area contributed by atoms with E-state index in [0.29, 0.717) is 16.6 Å². The summed E-state index contributed by atoms with van der Waals surface area (Å²) in [4.78, 5) is 20.3. The zero-order chi connectivity index (χ0) is 13.7. The Balaban J connectivity index is 2.04. The van der Waals surface area contributed by atoms with Crippen LogP contribution in [-0.2, 0) is 0 Å². The molecule has 1 aromatic rings. The van der Waals surface area contributed by atoms with Gasteiger partial charge in [-0.3, -0.25) is 9.78 Å². The minimum atomic E-state index is -0.267. The third-order valence-corrected chi connectivity index (χ3v) is 3.76. The Morgan fingerprint density at radius 3 is 2.68 bits per heavy atom. The first-order valence-electron chi connectivity index (χ1n) is 6.54. The summed E-state index contributed by atoms with van der Waals surface area (Å²) in [6.07, 6.45) is 10.2. The second-order valence-electron chi connectivity index (χ2n) is 4.84. The Hall–Kier alpha value is -1.56. The second kappa shape index (κ2) is 6.56. The summed E-state index contributed by atoms with van der Waals surface area (Å²) < 4.78 is 0. The molecule has 3 N–H and O–H groups in total. The van der Waals surface area contributed by atoms with Gasteiger partial charge in [-0.2, -0.15) is 0 Å². The SMILES string of the molecule is NC(=S)C(NC(=O)c1cnccn1)C1CCCCC1. The van der Waals surface area contributed by atoms with E-state index < -0.39 is 0 Å². The van der Waals surface area contributed by atoms with Gasteiger partial charge in [0.1, 0.15) is 5.69 Å². The van der Waals surface area contributed by atoms with E-state index in [2.05, 4.69) is 15.3 Å². The number of aromatic nitrogens is 2. The van der Waals surface area contributed by atoms with Crippen LogP contribution in [0, 0.1) is 5.92 Å². The number of rotatable bonds is 4. The van der Waals surface area contributed by atoms with Crippen LogP contribution in [0.3, 0.4) is 0 Å². The van der Waals surface area contributed by atoms with Gasteiger partial charge in [0.15, 0.2) is 0 Å². The van der Waals surface area contributed by atoms with E-state index >= 15 is 0 Å². The van der Waals surface area contributed by atoms with Crippen molar-refractivity contribution >= 4 is 23.1 Å². The molecule has 1 amide bonds. The highest BCUT2D eigenvalue weighted by molar-refractivity contribution is 7.80. The molecular formula is C13H18N4OS. The van der Waals surface area contributed by atoms with Crippen molar-refractivity contribution in [1.82, 2.24) is 15.3 Å². The van der Waals surface area contributed by atoms with Crippen LogP contribution in [-0.4, -0.2) is 26.9 Å². The molecule has 102 valence electrons. The Morgan fingerprint density at radius 2 is 2.11 bits per heavy atom. The first kappa shape index (κ1) is 13.9. The van der Waals surface area contributed by atoms with Crippen molar-refractivity contribution in [3.63, 3.8) is 0 Å². The highest BCUT2D eigenvalue weighted by Gasteiger charge is 2.27. The Kier molecular flexibility index (Phi) is 4.79. The smallest absolute Gasteiger partial charge is 0.272 e. The largest absolute Gasteiger partial charge is 0.392 e.